The van der Waals surface area contributed by atoms with Crippen molar-refractivity contribution in [3.8, 4) is 0 Å². The normalized spacial score (nSPS) is 15.4. The third-order valence-corrected chi connectivity index (χ3v) is 2.86. The molecule has 0 aliphatic carbocycles. The van der Waals surface area contributed by atoms with Crippen molar-refractivity contribution in [2.45, 2.75) is 46.4 Å². The predicted molar refractivity (Wildman–Crippen MR) is 68.0 cm³/mol. The van der Waals surface area contributed by atoms with E-state index >= 15 is 0 Å². The molecule has 0 saturated heterocycles. The summed E-state index contributed by atoms with van der Waals surface area (Å²) in [5, 5.41) is 4.33. The molecule has 0 fully saturated rings. The highest BCUT2D eigenvalue weighted by molar-refractivity contribution is 5.68. The Morgan fingerprint density at radius 3 is 2.67 bits per heavy atom. The lowest BCUT2D eigenvalue weighted by Crippen LogP contribution is -2.41. The highest BCUT2D eigenvalue weighted by atomic mass is 16.6. The fourth-order valence-corrected chi connectivity index (χ4v) is 1.95. The molecule has 2 rings (SSSR count). The molecule has 100 valence electrons. The van der Waals surface area contributed by atoms with Crippen molar-refractivity contribution in [3.05, 3.63) is 11.4 Å². The van der Waals surface area contributed by atoms with E-state index in [2.05, 4.69) is 5.10 Å². The third-order valence-electron chi connectivity index (χ3n) is 2.86. The smallest absolute Gasteiger partial charge is 0.410 e. The van der Waals surface area contributed by atoms with Gasteiger partial charge in [-0.2, -0.15) is 5.10 Å². The van der Waals surface area contributed by atoms with Gasteiger partial charge in [0.1, 0.15) is 5.60 Å². The van der Waals surface area contributed by atoms with Gasteiger partial charge in [-0.1, -0.05) is 0 Å². The molecule has 6 heteroatoms. The molecular weight excluding hydrogens is 232 g/mol. The van der Waals surface area contributed by atoms with Crippen LogP contribution in [0.2, 0.25) is 0 Å². The maximum atomic E-state index is 12.0. The van der Waals surface area contributed by atoms with Crippen molar-refractivity contribution < 1.29 is 9.53 Å². The fourth-order valence-electron chi connectivity index (χ4n) is 1.95. The number of ether oxygens (including phenoxy) is 1. The average Bonchev–Trinajstić information content (AvgIpc) is 2.52. The summed E-state index contributed by atoms with van der Waals surface area (Å²) in [6.07, 6.45) is -0.299. The van der Waals surface area contributed by atoms with Crippen LogP contribution >= 0.6 is 0 Å². The number of carbonyl (C=O) groups excluding carboxylic acids is 1. The summed E-state index contributed by atoms with van der Waals surface area (Å²) in [4.78, 5) is 13.6. The summed E-state index contributed by atoms with van der Waals surface area (Å²) >= 11 is 0. The Kier molecular flexibility index (Phi) is 2.96. The van der Waals surface area contributed by atoms with Crippen molar-refractivity contribution in [2.24, 2.45) is 0 Å². The highest BCUT2D eigenvalue weighted by Gasteiger charge is 2.27. The molecule has 0 atom stereocenters. The van der Waals surface area contributed by atoms with Crippen molar-refractivity contribution in [3.63, 3.8) is 0 Å². The molecule has 1 aromatic heterocycles. The molecular formula is C12H20N4O2. The van der Waals surface area contributed by atoms with Crippen molar-refractivity contribution in [1.29, 1.82) is 0 Å². The lowest BCUT2D eigenvalue weighted by Gasteiger charge is -2.30. The van der Waals surface area contributed by atoms with Crippen molar-refractivity contribution in [1.82, 2.24) is 14.7 Å². The number of rotatable bonds is 0. The van der Waals surface area contributed by atoms with E-state index in [0.29, 0.717) is 25.3 Å². The fraction of sp³-hybridized carbons (Fsp3) is 0.667. The highest BCUT2D eigenvalue weighted by Crippen LogP contribution is 2.23. The van der Waals surface area contributed by atoms with Gasteiger partial charge in [-0.05, 0) is 27.7 Å². The van der Waals surface area contributed by atoms with Crippen LogP contribution in [-0.2, 0) is 17.8 Å². The molecule has 0 radical (unpaired) electrons. The first-order valence-electron chi connectivity index (χ1n) is 6.07. The number of aromatic nitrogens is 2. The molecule has 0 aromatic carbocycles. The predicted octanol–water partition coefficient (Wildman–Crippen LogP) is 1.52. The van der Waals surface area contributed by atoms with E-state index < -0.39 is 5.60 Å². The second kappa shape index (κ2) is 4.19. The molecule has 6 nitrogen and oxygen atoms in total. The summed E-state index contributed by atoms with van der Waals surface area (Å²) in [6, 6.07) is 0. The second-order valence-electron chi connectivity index (χ2n) is 5.57. The van der Waals surface area contributed by atoms with E-state index in [0.717, 1.165) is 11.4 Å². The van der Waals surface area contributed by atoms with E-state index in [4.69, 9.17) is 10.5 Å². The zero-order chi connectivity index (χ0) is 13.5. The largest absolute Gasteiger partial charge is 0.444 e. The molecule has 2 heterocycles. The average molecular weight is 252 g/mol. The molecule has 18 heavy (non-hydrogen) atoms. The molecule has 1 aliphatic heterocycles. The molecule has 0 bridgehead atoms. The number of hydrogen-bond acceptors (Lipinski definition) is 4. The van der Waals surface area contributed by atoms with Crippen LogP contribution in [0.15, 0.2) is 0 Å². The van der Waals surface area contributed by atoms with Crippen LogP contribution in [0.5, 0.6) is 0 Å². The van der Waals surface area contributed by atoms with Gasteiger partial charge < -0.3 is 15.4 Å². The van der Waals surface area contributed by atoms with E-state index in [1.165, 1.54) is 0 Å². The maximum Gasteiger partial charge on any atom is 0.410 e. The summed E-state index contributed by atoms with van der Waals surface area (Å²) < 4.78 is 7.22. The lowest BCUT2D eigenvalue weighted by molar-refractivity contribution is 0.0195. The van der Waals surface area contributed by atoms with E-state index in [1.807, 2.05) is 32.4 Å². The van der Waals surface area contributed by atoms with Crippen LogP contribution in [0.4, 0.5) is 10.5 Å². The monoisotopic (exact) mass is 252 g/mol. The molecule has 0 unspecified atom stereocenters. The van der Waals surface area contributed by atoms with Crippen molar-refractivity contribution in [2.75, 3.05) is 12.3 Å². The van der Waals surface area contributed by atoms with Crippen LogP contribution in [0, 0.1) is 6.92 Å². The summed E-state index contributed by atoms with van der Waals surface area (Å²) in [6.45, 7) is 9.17. The van der Waals surface area contributed by atoms with Gasteiger partial charge in [-0.15, -0.1) is 0 Å². The number of nitrogens with zero attached hydrogens (tertiary/aromatic N) is 3. The SMILES string of the molecule is Cc1nn2c(c1N)CN(C(=O)OC(C)(C)C)CC2. The van der Waals surface area contributed by atoms with E-state index in [1.54, 1.807) is 4.90 Å². The Bertz CT molecular complexity index is 473. The number of nitrogen functional groups attached to an aromatic ring is 1. The van der Waals surface area contributed by atoms with Gasteiger partial charge in [0.05, 0.1) is 30.2 Å². The van der Waals surface area contributed by atoms with Gasteiger partial charge >= 0.3 is 6.09 Å². The number of hydrogen-bond donors (Lipinski definition) is 1. The first-order chi connectivity index (χ1) is 8.28. The molecule has 1 amide bonds. The van der Waals surface area contributed by atoms with Gasteiger partial charge in [0, 0.05) is 6.54 Å². The first-order valence-corrected chi connectivity index (χ1v) is 6.07. The number of amides is 1. The summed E-state index contributed by atoms with van der Waals surface area (Å²) in [5.41, 5.74) is 7.85. The lowest BCUT2D eigenvalue weighted by atomic mass is 10.2. The molecule has 0 saturated carbocycles. The number of nitrogens with two attached hydrogens (primary N) is 1. The summed E-state index contributed by atoms with van der Waals surface area (Å²) in [7, 11) is 0. The van der Waals surface area contributed by atoms with Crippen LogP contribution in [0.25, 0.3) is 0 Å². The van der Waals surface area contributed by atoms with Crippen LogP contribution in [-0.4, -0.2) is 32.9 Å². The molecule has 2 N–H and O–H groups in total. The van der Waals surface area contributed by atoms with Gasteiger partial charge in [0.2, 0.25) is 0 Å². The minimum absolute atomic E-state index is 0.299. The quantitative estimate of drug-likeness (QED) is 0.759. The Labute approximate surface area is 107 Å². The zero-order valence-electron chi connectivity index (χ0n) is 11.4. The van der Waals surface area contributed by atoms with Gasteiger partial charge in [0.15, 0.2) is 0 Å². The van der Waals surface area contributed by atoms with Gasteiger partial charge in [0.25, 0.3) is 0 Å². The van der Waals surface area contributed by atoms with Crippen molar-refractivity contribution >= 4 is 11.8 Å². The zero-order valence-corrected chi connectivity index (χ0v) is 11.4. The molecule has 0 spiro atoms. The minimum Gasteiger partial charge on any atom is -0.444 e. The Morgan fingerprint density at radius 2 is 2.06 bits per heavy atom. The number of aryl methyl sites for hydroxylation is 1. The molecule has 1 aliphatic rings. The Hall–Kier alpha value is -1.72. The first kappa shape index (κ1) is 12.7. The van der Waals surface area contributed by atoms with E-state index in [-0.39, 0.29) is 6.09 Å². The topological polar surface area (TPSA) is 73.4 Å². The Morgan fingerprint density at radius 1 is 1.39 bits per heavy atom. The number of fused-ring (bicyclic) bond motifs is 1. The van der Waals surface area contributed by atoms with Gasteiger partial charge in [-0.25, -0.2) is 4.79 Å². The van der Waals surface area contributed by atoms with Crippen LogP contribution < -0.4 is 5.73 Å². The Balaban J connectivity index is 2.12. The van der Waals surface area contributed by atoms with Gasteiger partial charge in [-0.3, -0.25) is 4.68 Å². The maximum absolute atomic E-state index is 12.0. The molecule has 1 aromatic rings. The summed E-state index contributed by atoms with van der Waals surface area (Å²) in [5.74, 6) is 0. The van der Waals surface area contributed by atoms with Crippen LogP contribution in [0.1, 0.15) is 32.2 Å². The number of carbonyl (C=O) groups is 1. The van der Waals surface area contributed by atoms with E-state index in [9.17, 15) is 4.79 Å². The minimum atomic E-state index is -0.476. The third kappa shape index (κ3) is 2.42. The second-order valence-corrected chi connectivity index (χ2v) is 5.57. The van der Waals surface area contributed by atoms with Crippen LogP contribution in [0.3, 0.4) is 0 Å². The standard InChI is InChI=1S/C12H20N4O2/c1-8-10(13)9-7-15(5-6-16(9)14-8)11(17)18-12(2,3)4/h5-7,13H2,1-4H3. The number of anilines is 1.